The average Bonchev–Trinajstić information content (AvgIpc) is 2.59. The lowest BCUT2D eigenvalue weighted by molar-refractivity contribution is 0.614. The molecule has 14 heavy (non-hydrogen) atoms. The Hall–Kier alpha value is -1.93. The number of nitrogens with two attached hydrogens (primary N) is 1. The second kappa shape index (κ2) is 3.09. The number of halogens is 1. The zero-order valence-corrected chi connectivity index (χ0v) is 7.18. The summed E-state index contributed by atoms with van der Waals surface area (Å²) in [5, 5.41) is 12.5. The molecule has 0 aromatic carbocycles. The van der Waals surface area contributed by atoms with Crippen LogP contribution in [0.1, 0.15) is 11.6 Å². The van der Waals surface area contributed by atoms with E-state index in [0.717, 1.165) is 0 Å². The van der Waals surface area contributed by atoms with Crippen molar-refractivity contribution in [2.75, 3.05) is 0 Å². The van der Waals surface area contributed by atoms with Gasteiger partial charge in [0.05, 0.1) is 24.0 Å². The van der Waals surface area contributed by atoms with Gasteiger partial charge in [-0.05, 0) is 12.1 Å². The van der Waals surface area contributed by atoms with Crippen molar-refractivity contribution < 1.29 is 4.39 Å². The maximum atomic E-state index is 12.8. The number of aromatic nitrogens is 2. The van der Waals surface area contributed by atoms with E-state index >= 15 is 0 Å². The lowest BCUT2D eigenvalue weighted by Gasteiger charge is -1.99. The van der Waals surface area contributed by atoms with Crippen molar-refractivity contribution in [3.8, 4) is 6.07 Å². The minimum Gasteiger partial charge on any atom is -0.312 e. The van der Waals surface area contributed by atoms with Gasteiger partial charge < -0.3 is 5.73 Å². The van der Waals surface area contributed by atoms with Gasteiger partial charge in [-0.1, -0.05) is 0 Å². The molecule has 2 heterocycles. The van der Waals surface area contributed by atoms with Gasteiger partial charge in [0.25, 0.3) is 0 Å². The highest BCUT2D eigenvalue weighted by molar-refractivity contribution is 5.56. The van der Waals surface area contributed by atoms with Crippen molar-refractivity contribution in [3.63, 3.8) is 0 Å². The quantitative estimate of drug-likeness (QED) is 0.729. The normalized spacial score (nSPS) is 12.6. The Labute approximate surface area is 79.4 Å². The number of pyridine rings is 1. The van der Waals surface area contributed by atoms with E-state index in [1.165, 1.54) is 23.0 Å². The van der Waals surface area contributed by atoms with Crippen molar-refractivity contribution in [2.45, 2.75) is 6.04 Å². The molecule has 1 atom stereocenters. The number of hydrogen-bond acceptors (Lipinski definition) is 3. The van der Waals surface area contributed by atoms with Crippen LogP contribution in [0.15, 0.2) is 24.5 Å². The highest BCUT2D eigenvalue weighted by atomic mass is 19.1. The molecule has 0 amide bonds. The first-order valence-corrected chi connectivity index (χ1v) is 4.00. The summed E-state index contributed by atoms with van der Waals surface area (Å²) in [5.41, 5.74) is 6.79. The molecular weight excluding hydrogens is 183 g/mol. The van der Waals surface area contributed by atoms with E-state index in [2.05, 4.69) is 5.10 Å². The van der Waals surface area contributed by atoms with Crippen LogP contribution in [0.25, 0.3) is 5.52 Å². The first-order chi connectivity index (χ1) is 6.72. The molecule has 0 spiro atoms. The molecule has 0 fully saturated rings. The first kappa shape index (κ1) is 8.66. The van der Waals surface area contributed by atoms with Crippen LogP contribution in [0.4, 0.5) is 4.39 Å². The molecule has 5 heteroatoms. The van der Waals surface area contributed by atoms with Gasteiger partial charge in [0.2, 0.25) is 0 Å². The maximum Gasteiger partial charge on any atom is 0.141 e. The van der Waals surface area contributed by atoms with Crippen LogP contribution < -0.4 is 5.73 Å². The third kappa shape index (κ3) is 1.22. The van der Waals surface area contributed by atoms with Gasteiger partial charge in [0.1, 0.15) is 11.9 Å². The smallest absolute Gasteiger partial charge is 0.141 e. The Balaban J connectivity index is 2.65. The van der Waals surface area contributed by atoms with Crippen molar-refractivity contribution in [1.29, 1.82) is 5.26 Å². The molecule has 70 valence electrons. The summed E-state index contributed by atoms with van der Waals surface area (Å²) in [7, 11) is 0. The van der Waals surface area contributed by atoms with E-state index in [-0.39, 0.29) is 5.82 Å². The van der Waals surface area contributed by atoms with Crippen LogP contribution in [0.2, 0.25) is 0 Å². The molecule has 0 aliphatic carbocycles. The number of fused-ring (bicyclic) bond motifs is 1. The van der Waals surface area contributed by atoms with E-state index < -0.39 is 6.04 Å². The van der Waals surface area contributed by atoms with Gasteiger partial charge in [0.15, 0.2) is 0 Å². The molecule has 2 aromatic heterocycles. The van der Waals surface area contributed by atoms with Crippen molar-refractivity contribution >= 4 is 5.52 Å². The Morgan fingerprint density at radius 3 is 3.07 bits per heavy atom. The van der Waals surface area contributed by atoms with E-state index in [1.54, 1.807) is 6.07 Å². The molecule has 0 bridgehead atoms. The fraction of sp³-hybridized carbons (Fsp3) is 0.111. The summed E-state index contributed by atoms with van der Waals surface area (Å²) in [6, 6.07) is 4.04. The molecule has 0 aliphatic rings. The van der Waals surface area contributed by atoms with Gasteiger partial charge in [-0.15, -0.1) is 0 Å². The Bertz CT molecular complexity index is 511. The molecule has 2 aromatic rings. The predicted octanol–water partition coefficient (Wildman–Crippen LogP) is 0.997. The number of rotatable bonds is 1. The Morgan fingerprint density at radius 2 is 2.36 bits per heavy atom. The second-order valence-corrected chi connectivity index (χ2v) is 2.88. The molecule has 0 radical (unpaired) electrons. The van der Waals surface area contributed by atoms with Crippen LogP contribution in [0.3, 0.4) is 0 Å². The van der Waals surface area contributed by atoms with Gasteiger partial charge in [-0.2, -0.15) is 10.4 Å². The standard InChI is InChI=1S/C9H7FN4/c10-6-1-2-9-7(8(12)3-11)4-13-14(9)5-6/h1-2,4-5,8H,12H2. The number of nitriles is 1. The molecule has 0 saturated heterocycles. The molecule has 4 nitrogen and oxygen atoms in total. The minimum atomic E-state index is -0.724. The van der Waals surface area contributed by atoms with Crippen LogP contribution >= 0.6 is 0 Å². The molecule has 2 rings (SSSR count). The summed E-state index contributed by atoms with van der Waals surface area (Å²) < 4.78 is 14.1. The molecule has 0 saturated carbocycles. The van der Waals surface area contributed by atoms with Crippen molar-refractivity contribution in [3.05, 3.63) is 35.9 Å². The van der Waals surface area contributed by atoms with Gasteiger partial charge >= 0.3 is 0 Å². The second-order valence-electron chi connectivity index (χ2n) is 2.88. The van der Waals surface area contributed by atoms with Crippen LogP contribution in [0, 0.1) is 17.1 Å². The van der Waals surface area contributed by atoms with E-state index in [4.69, 9.17) is 11.0 Å². The zero-order valence-electron chi connectivity index (χ0n) is 7.18. The van der Waals surface area contributed by atoms with Crippen LogP contribution in [-0.4, -0.2) is 9.61 Å². The SMILES string of the molecule is N#CC(N)c1cnn2cc(F)ccc12. The third-order valence-corrected chi connectivity index (χ3v) is 1.98. The summed E-state index contributed by atoms with van der Waals surface area (Å²) in [4.78, 5) is 0. The highest BCUT2D eigenvalue weighted by Crippen LogP contribution is 2.16. The van der Waals surface area contributed by atoms with E-state index in [0.29, 0.717) is 11.1 Å². The zero-order chi connectivity index (χ0) is 10.1. The Morgan fingerprint density at radius 1 is 1.57 bits per heavy atom. The largest absolute Gasteiger partial charge is 0.312 e. The number of hydrogen-bond donors (Lipinski definition) is 1. The minimum absolute atomic E-state index is 0.377. The van der Waals surface area contributed by atoms with Gasteiger partial charge in [-0.3, -0.25) is 0 Å². The number of nitrogens with zero attached hydrogens (tertiary/aromatic N) is 3. The maximum absolute atomic E-state index is 12.8. The molecule has 0 aliphatic heterocycles. The summed E-state index contributed by atoms with van der Waals surface area (Å²) in [6.45, 7) is 0. The first-order valence-electron chi connectivity index (χ1n) is 4.00. The molecular formula is C9H7FN4. The van der Waals surface area contributed by atoms with Gasteiger partial charge in [-0.25, -0.2) is 8.91 Å². The molecule has 1 unspecified atom stereocenters. The van der Waals surface area contributed by atoms with Crippen LogP contribution in [-0.2, 0) is 0 Å². The van der Waals surface area contributed by atoms with E-state index in [9.17, 15) is 4.39 Å². The summed E-state index contributed by atoms with van der Waals surface area (Å²) in [5.74, 6) is -0.377. The summed E-state index contributed by atoms with van der Waals surface area (Å²) in [6.07, 6.45) is 2.71. The average molecular weight is 190 g/mol. The third-order valence-electron chi connectivity index (χ3n) is 1.98. The Kier molecular flexibility index (Phi) is 1.91. The highest BCUT2D eigenvalue weighted by Gasteiger charge is 2.11. The predicted molar refractivity (Wildman–Crippen MR) is 47.7 cm³/mol. The van der Waals surface area contributed by atoms with Crippen LogP contribution in [0.5, 0.6) is 0 Å². The molecule has 2 N–H and O–H groups in total. The fourth-order valence-electron chi connectivity index (χ4n) is 1.29. The van der Waals surface area contributed by atoms with Crippen molar-refractivity contribution in [1.82, 2.24) is 9.61 Å². The topological polar surface area (TPSA) is 67.1 Å². The summed E-state index contributed by atoms with van der Waals surface area (Å²) >= 11 is 0. The van der Waals surface area contributed by atoms with E-state index in [1.807, 2.05) is 6.07 Å². The lowest BCUT2D eigenvalue weighted by Crippen LogP contribution is -2.06. The lowest BCUT2D eigenvalue weighted by atomic mass is 10.1. The monoisotopic (exact) mass is 190 g/mol. The van der Waals surface area contributed by atoms with Gasteiger partial charge in [0, 0.05) is 5.56 Å². The fourth-order valence-corrected chi connectivity index (χ4v) is 1.29. The van der Waals surface area contributed by atoms with Crippen molar-refractivity contribution in [2.24, 2.45) is 5.73 Å².